The number of carbonyl (C=O) groups excluding carboxylic acids is 1. The molecule has 2 aromatic rings. The number of halogens is 3. The van der Waals surface area contributed by atoms with E-state index in [2.05, 4.69) is 43.4 Å². The second kappa shape index (κ2) is 7.54. The van der Waals surface area contributed by atoms with Crippen molar-refractivity contribution in [1.29, 1.82) is 0 Å². The lowest BCUT2D eigenvalue weighted by molar-refractivity contribution is 0.0554. The minimum Gasteiger partial charge on any atom is -0.457 e. The minimum absolute atomic E-state index is 0.168. The van der Waals surface area contributed by atoms with Crippen molar-refractivity contribution >= 4 is 60.8 Å². The number of aromatic nitrogens is 1. The molecule has 1 heterocycles. The van der Waals surface area contributed by atoms with Crippen molar-refractivity contribution in [3.05, 3.63) is 52.5 Å². The van der Waals surface area contributed by atoms with E-state index in [0.29, 0.717) is 15.6 Å². The van der Waals surface area contributed by atoms with Gasteiger partial charge >= 0.3 is 5.97 Å². The van der Waals surface area contributed by atoms with Gasteiger partial charge in [0.2, 0.25) is 0 Å². The summed E-state index contributed by atoms with van der Waals surface area (Å²) in [7, 11) is 0. The third-order valence-corrected chi connectivity index (χ3v) is 4.69. The van der Waals surface area contributed by atoms with Gasteiger partial charge in [0.25, 0.3) is 0 Å². The Balaban J connectivity index is 2.39. The van der Waals surface area contributed by atoms with Crippen molar-refractivity contribution in [3.63, 3.8) is 0 Å². The first-order chi connectivity index (χ1) is 10.0. The van der Waals surface area contributed by atoms with Crippen molar-refractivity contribution in [3.8, 4) is 10.6 Å². The summed E-state index contributed by atoms with van der Waals surface area (Å²) in [6.45, 7) is 3.69. The topological polar surface area (TPSA) is 39.2 Å². The van der Waals surface area contributed by atoms with Gasteiger partial charge in [0.15, 0.2) is 0 Å². The third kappa shape index (κ3) is 4.16. The fraction of sp³-hybridized carbons (Fsp3) is 0.143. The Labute approximate surface area is 148 Å². The first-order valence-corrected chi connectivity index (χ1v) is 8.88. The van der Waals surface area contributed by atoms with Crippen molar-refractivity contribution in [2.75, 3.05) is 6.61 Å². The normalized spacial score (nSPS) is 10.7. The molecule has 1 aromatic heterocycles. The van der Waals surface area contributed by atoms with Gasteiger partial charge in [0.05, 0.1) is 5.69 Å². The summed E-state index contributed by atoms with van der Waals surface area (Å²) in [4.78, 5) is 17.0. The highest BCUT2D eigenvalue weighted by atomic mass is 79.9. The van der Waals surface area contributed by atoms with E-state index in [0.717, 1.165) is 10.6 Å². The predicted molar refractivity (Wildman–Crippen MR) is 93.6 cm³/mol. The molecule has 0 aliphatic heterocycles. The van der Waals surface area contributed by atoms with Crippen molar-refractivity contribution in [1.82, 2.24) is 4.98 Å². The quantitative estimate of drug-likeness (QED) is 0.338. The van der Waals surface area contributed by atoms with Crippen molar-refractivity contribution in [2.45, 2.75) is 3.74 Å². The van der Waals surface area contributed by atoms with Crippen LogP contribution in [0.15, 0.2) is 36.9 Å². The van der Waals surface area contributed by atoms with Crippen LogP contribution in [-0.4, -0.2) is 17.6 Å². The van der Waals surface area contributed by atoms with Gasteiger partial charge in [-0.1, -0.05) is 68.2 Å². The summed E-state index contributed by atoms with van der Waals surface area (Å²) in [6.07, 6.45) is 1.53. The van der Waals surface area contributed by atoms with Gasteiger partial charge < -0.3 is 4.74 Å². The van der Waals surface area contributed by atoms with Gasteiger partial charge in [0, 0.05) is 10.6 Å². The van der Waals surface area contributed by atoms with Crippen LogP contribution in [0.2, 0.25) is 5.02 Å². The van der Waals surface area contributed by atoms with Crippen LogP contribution in [0, 0.1) is 0 Å². The fourth-order valence-corrected chi connectivity index (χ4v) is 3.64. The standard InChI is InChI=1S/C14H10Br2ClNO2S/c1-2-7-20-14(19)11-10(12(15)16)18-13(21-11)8-3-5-9(17)6-4-8/h2-6,12H,1,7H2. The Morgan fingerprint density at radius 1 is 1.43 bits per heavy atom. The number of esters is 1. The molecule has 0 fully saturated rings. The molecule has 2 rings (SSSR count). The van der Waals surface area contributed by atoms with Crippen molar-refractivity contribution in [2.24, 2.45) is 0 Å². The summed E-state index contributed by atoms with van der Waals surface area (Å²) in [6, 6.07) is 7.30. The number of nitrogens with zero attached hydrogens (tertiary/aromatic N) is 1. The molecule has 0 aliphatic rings. The van der Waals surface area contributed by atoms with Crippen LogP contribution in [0.5, 0.6) is 0 Å². The summed E-state index contributed by atoms with van der Waals surface area (Å²) >= 11 is 13.9. The zero-order chi connectivity index (χ0) is 15.4. The van der Waals surface area contributed by atoms with Crippen molar-refractivity contribution < 1.29 is 9.53 Å². The summed E-state index contributed by atoms with van der Waals surface area (Å²) < 4.78 is 4.86. The van der Waals surface area contributed by atoms with E-state index in [1.165, 1.54) is 17.4 Å². The minimum atomic E-state index is -0.411. The zero-order valence-electron chi connectivity index (χ0n) is 10.7. The second-order valence-electron chi connectivity index (χ2n) is 3.93. The Bertz CT molecular complexity index is 655. The van der Waals surface area contributed by atoms with Gasteiger partial charge in [-0.2, -0.15) is 0 Å². The molecule has 0 radical (unpaired) electrons. The van der Waals surface area contributed by atoms with Crippen LogP contribution in [-0.2, 0) is 4.74 Å². The van der Waals surface area contributed by atoms with E-state index < -0.39 is 5.97 Å². The molecule has 0 N–H and O–H groups in total. The van der Waals surface area contributed by atoms with Crippen LogP contribution in [0.4, 0.5) is 0 Å². The van der Waals surface area contributed by atoms with E-state index in [-0.39, 0.29) is 10.3 Å². The second-order valence-corrected chi connectivity index (χ2v) is 8.42. The van der Waals surface area contributed by atoms with Crippen LogP contribution in [0.25, 0.3) is 10.6 Å². The van der Waals surface area contributed by atoms with E-state index in [4.69, 9.17) is 16.3 Å². The van der Waals surface area contributed by atoms with E-state index in [9.17, 15) is 4.79 Å². The molecule has 0 saturated heterocycles. The molecule has 0 saturated carbocycles. The number of benzene rings is 1. The lowest BCUT2D eigenvalue weighted by Gasteiger charge is -2.02. The maximum atomic E-state index is 12.1. The highest BCUT2D eigenvalue weighted by Crippen LogP contribution is 2.38. The molecule has 0 aliphatic carbocycles. The molecule has 110 valence electrons. The van der Waals surface area contributed by atoms with Crippen LogP contribution in [0.1, 0.15) is 19.1 Å². The molecule has 0 amide bonds. The smallest absolute Gasteiger partial charge is 0.350 e. The molecular formula is C14H10Br2ClNO2S. The molecular weight excluding hydrogens is 441 g/mol. The van der Waals surface area contributed by atoms with Gasteiger partial charge in [0.1, 0.15) is 20.2 Å². The number of hydrogen-bond acceptors (Lipinski definition) is 4. The number of rotatable bonds is 5. The molecule has 3 nitrogen and oxygen atoms in total. The lowest BCUT2D eigenvalue weighted by Crippen LogP contribution is -2.05. The summed E-state index contributed by atoms with van der Waals surface area (Å²) in [5.74, 6) is -0.411. The largest absolute Gasteiger partial charge is 0.457 e. The van der Waals surface area contributed by atoms with Crippen LogP contribution < -0.4 is 0 Å². The fourth-order valence-electron chi connectivity index (χ4n) is 1.54. The maximum absolute atomic E-state index is 12.1. The lowest BCUT2D eigenvalue weighted by atomic mass is 10.2. The number of hydrogen-bond donors (Lipinski definition) is 0. The van der Waals surface area contributed by atoms with Gasteiger partial charge in [-0.25, -0.2) is 9.78 Å². The number of ether oxygens (including phenoxy) is 1. The number of thiazole rings is 1. The van der Waals surface area contributed by atoms with E-state index in [1.807, 2.05) is 12.1 Å². The Hall–Kier alpha value is -0.690. The molecule has 7 heteroatoms. The highest BCUT2D eigenvalue weighted by molar-refractivity contribution is 9.24. The molecule has 1 aromatic carbocycles. The Morgan fingerprint density at radius 3 is 2.67 bits per heavy atom. The third-order valence-electron chi connectivity index (χ3n) is 2.47. The summed E-state index contributed by atoms with van der Waals surface area (Å²) in [5, 5.41) is 1.39. The van der Waals surface area contributed by atoms with Gasteiger partial charge in [-0.05, 0) is 12.1 Å². The maximum Gasteiger partial charge on any atom is 0.350 e. The monoisotopic (exact) mass is 449 g/mol. The summed E-state index contributed by atoms with van der Waals surface area (Å²) in [5.41, 5.74) is 1.49. The number of alkyl halides is 2. The van der Waals surface area contributed by atoms with E-state index >= 15 is 0 Å². The SMILES string of the molecule is C=CCOC(=O)c1sc(-c2ccc(Cl)cc2)nc1C(Br)Br. The van der Waals surface area contributed by atoms with Crippen LogP contribution >= 0.6 is 54.8 Å². The average molecular weight is 452 g/mol. The molecule has 0 unspecified atom stereocenters. The highest BCUT2D eigenvalue weighted by Gasteiger charge is 2.23. The average Bonchev–Trinajstić information content (AvgIpc) is 2.91. The van der Waals surface area contributed by atoms with Crippen LogP contribution in [0.3, 0.4) is 0 Å². The number of carbonyl (C=O) groups is 1. The molecule has 21 heavy (non-hydrogen) atoms. The molecule has 0 spiro atoms. The predicted octanol–water partition coefficient (Wildman–Crippen LogP) is 5.59. The first-order valence-electron chi connectivity index (χ1n) is 5.85. The van der Waals surface area contributed by atoms with Gasteiger partial charge in [-0.15, -0.1) is 11.3 Å². The molecule has 0 bridgehead atoms. The Morgan fingerprint density at radius 2 is 2.10 bits per heavy atom. The van der Waals surface area contributed by atoms with Gasteiger partial charge in [-0.3, -0.25) is 0 Å². The molecule has 0 atom stereocenters. The Kier molecular flexibility index (Phi) is 5.98. The first kappa shape index (κ1) is 16.7. The zero-order valence-corrected chi connectivity index (χ0v) is 15.4. The van der Waals surface area contributed by atoms with E-state index in [1.54, 1.807) is 12.1 Å².